The number of piperidine rings is 1. The van der Waals surface area contributed by atoms with Gasteiger partial charge in [0.15, 0.2) is 0 Å². The number of rotatable bonds is 6. The Balaban J connectivity index is 1.30. The van der Waals surface area contributed by atoms with Crippen LogP contribution in [-0.2, 0) is 0 Å². The lowest BCUT2D eigenvalue weighted by Crippen LogP contribution is -2.46. The number of likely N-dealkylation sites (tertiary alicyclic amines) is 1. The lowest BCUT2D eigenvalue weighted by atomic mass is 10.0. The van der Waals surface area contributed by atoms with Gasteiger partial charge >= 0.3 is 0 Å². The van der Waals surface area contributed by atoms with Crippen LogP contribution in [0.1, 0.15) is 45.4 Å². The molecule has 4 aliphatic rings. The van der Waals surface area contributed by atoms with E-state index in [1.807, 2.05) is 0 Å². The third-order valence-corrected chi connectivity index (χ3v) is 6.67. The van der Waals surface area contributed by atoms with E-state index in [1.165, 1.54) is 96.7 Å². The molecule has 1 saturated carbocycles. The Hall–Kier alpha value is -1.00. The van der Waals surface area contributed by atoms with E-state index in [4.69, 9.17) is 0 Å². The number of hydrogen-bond donors (Lipinski definition) is 0. The Morgan fingerprint density at radius 1 is 0.962 bits per heavy atom. The van der Waals surface area contributed by atoms with Crippen molar-refractivity contribution in [2.45, 2.75) is 51.5 Å². The molecule has 0 spiro atoms. The van der Waals surface area contributed by atoms with Crippen LogP contribution >= 0.6 is 0 Å². The first kappa shape index (κ1) is 18.4. The van der Waals surface area contributed by atoms with Gasteiger partial charge in [0.2, 0.25) is 0 Å². The molecule has 0 aromatic carbocycles. The normalized spacial score (nSPS) is 26.9. The second-order valence-corrected chi connectivity index (χ2v) is 8.75. The summed E-state index contributed by atoms with van der Waals surface area (Å²) in [5.41, 5.74) is 0. The predicted octanol–water partition coefficient (Wildman–Crippen LogP) is 2.99. The van der Waals surface area contributed by atoms with Crippen LogP contribution < -0.4 is 0 Å². The first-order chi connectivity index (χ1) is 12.8. The first-order valence-corrected chi connectivity index (χ1v) is 11.2. The van der Waals surface area contributed by atoms with Crippen LogP contribution in [0.5, 0.6) is 0 Å². The van der Waals surface area contributed by atoms with Gasteiger partial charge < -0.3 is 14.7 Å². The Morgan fingerprint density at radius 3 is 2.58 bits per heavy atom. The molecule has 0 aromatic heterocycles. The maximum atomic E-state index is 2.81. The third-order valence-electron chi connectivity index (χ3n) is 6.67. The lowest BCUT2D eigenvalue weighted by molar-refractivity contribution is 0.110. The van der Waals surface area contributed by atoms with Gasteiger partial charge in [-0.25, -0.2) is 0 Å². The van der Waals surface area contributed by atoms with Gasteiger partial charge in [-0.2, -0.15) is 0 Å². The van der Waals surface area contributed by atoms with Crippen LogP contribution in [0.3, 0.4) is 0 Å². The molecule has 0 amide bonds. The number of hydrogen-bond acceptors (Lipinski definition) is 4. The molecule has 0 unspecified atom stereocenters. The summed E-state index contributed by atoms with van der Waals surface area (Å²) >= 11 is 0. The second-order valence-electron chi connectivity index (χ2n) is 8.75. The van der Waals surface area contributed by atoms with Gasteiger partial charge in [-0.1, -0.05) is 19.1 Å². The Labute approximate surface area is 160 Å². The molecule has 0 N–H and O–H groups in total. The first-order valence-electron chi connectivity index (χ1n) is 11.2. The average molecular weight is 359 g/mol. The quantitative estimate of drug-likeness (QED) is 0.724. The zero-order valence-corrected chi connectivity index (χ0v) is 16.8. The summed E-state index contributed by atoms with van der Waals surface area (Å²) in [6.45, 7) is 13.6. The fourth-order valence-electron chi connectivity index (χ4n) is 4.98. The van der Waals surface area contributed by atoms with Crippen molar-refractivity contribution in [1.29, 1.82) is 0 Å². The molecular weight excluding hydrogens is 320 g/mol. The van der Waals surface area contributed by atoms with E-state index in [2.05, 4.69) is 44.8 Å². The van der Waals surface area contributed by atoms with Gasteiger partial charge in [0.1, 0.15) is 5.82 Å². The van der Waals surface area contributed by atoms with Crippen LogP contribution in [0.15, 0.2) is 24.0 Å². The van der Waals surface area contributed by atoms with Crippen LogP contribution in [0.4, 0.5) is 0 Å². The molecule has 3 fully saturated rings. The van der Waals surface area contributed by atoms with E-state index >= 15 is 0 Å². The minimum atomic E-state index is 0.825. The number of nitrogens with zero attached hydrogens (tertiary/aromatic N) is 4. The number of allylic oxidation sites excluding steroid dienone is 2. The largest absolute Gasteiger partial charge is 0.357 e. The van der Waals surface area contributed by atoms with E-state index in [0.29, 0.717) is 0 Å². The maximum Gasteiger partial charge on any atom is 0.104 e. The maximum absolute atomic E-state index is 2.81. The molecule has 0 aromatic rings. The van der Waals surface area contributed by atoms with E-state index < -0.39 is 0 Å². The summed E-state index contributed by atoms with van der Waals surface area (Å²) in [4.78, 5) is 10.8. The van der Waals surface area contributed by atoms with Gasteiger partial charge in [-0.15, -0.1) is 0 Å². The van der Waals surface area contributed by atoms with Gasteiger partial charge in [-0.3, -0.25) is 4.90 Å². The van der Waals surface area contributed by atoms with Gasteiger partial charge in [-0.05, 0) is 70.2 Å². The standard InChI is InChI=1S/C22H38N4/c1-2-11-23-15-9-21(10-16-23)24-13-5-14-25(18-17-24)22-6-3-4-12-26(22)19-20-7-8-20/h3-4,6,20-21H,2,5,7-19H2,1H3. The third kappa shape index (κ3) is 4.64. The lowest BCUT2D eigenvalue weighted by Gasteiger charge is -2.39. The molecule has 4 rings (SSSR count). The fraction of sp³-hybridized carbons (Fsp3) is 0.818. The predicted molar refractivity (Wildman–Crippen MR) is 109 cm³/mol. The van der Waals surface area contributed by atoms with Crippen LogP contribution in [0.2, 0.25) is 0 Å². The molecular formula is C22H38N4. The van der Waals surface area contributed by atoms with Crippen molar-refractivity contribution in [3.8, 4) is 0 Å². The Bertz CT molecular complexity index is 502. The van der Waals surface area contributed by atoms with Crippen LogP contribution in [0.25, 0.3) is 0 Å². The van der Waals surface area contributed by atoms with Crippen molar-refractivity contribution >= 4 is 0 Å². The summed E-state index contributed by atoms with van der Waals surface area (Å²) in [6.07, 6.45) is 15.2. The van der Waals surface area contributed by atoms with Gasteiger partial charge in [0.05, 0.1) is 0 Å². The zero-order valence-electron chi connectivity index (χ0n) is 16.8. The van der Waals surface area contributed by atoms with Crippen molar-refractivity contribution in [2.24, 2.45) is 5.92 Å². The highest BCUT2D eigenvalue weighted by Gasteiger charge is 2.30. The molecule has 26 heavy (non-hydrogen) atoms. The molecule has 3 heterocycles. The molecule has 4 nitrogen and oxygen atoms in total. The summed E-state index contributed by atoms with van der Waals surface area (Å²) in [5.74, 6) is 2.46. The fourth-order valence-corrected chi connectivity index (χ4v) is 4.98. The topological polar surface area (TPSA) is 13.0 Å². The summed E-state index contributed by atoms with van der Waals surface area (Å²) in [6, 6.07) is 0.825. The summed E-state index contributed by atoms with van der Waals surface area (Å²) < 4.78 is 0. The molecule has 1 aliphatic carbocycles. The van der Waals surface area contributed by atoms with E-state index in [0.717, 1.165) is 18.5 Å². The molecule has 0 radical (unpaired) electrons. The zero-order chi connectivity index (χ0) is 17.8. The minimum absolute atomic E-state index is 0.825. The van der Waals surface area contributed by atoms with Crippen molar-refractivity contribution < 1.29 is 0 Å². The molecule has 4 heteroatoms. The van der Waals surface area contributed by atoms with Crippen molar-refractivity contribution in [3.63, 3.8) is 0 Å². The van der Waals surface area contributed by atoms with E-state index in [-0.39, 0.29) is 0 Å². The average Bonchev–Trinajstić information content (AvgIpc) is 3.50. The summed E-state index contributed by atoms with van der Waals surface area (Å²) in [7, 11) is 0. The SMILES string of the molecule is CCCN1CCC(N2CCCN(C3=CC=CCN3CC3CC3)CC2)CC1. The molecule has 0 atom stereocenters. The van der Waals surface area contributed by atoms with Crippen LogP contribution in [-0.4, -0.2) is 84.5 Å². The van der Waals surface area contributed by atoms with Gasteiger partial charge in [0, 0.05) is 45.3 Å². The van der Waals surface area contributed by atoms with Crippen LogP contribution in [0, 0.1) is 5.92 Å². The van der Waals surface area contributed by atoms with Gasteiger partial charge in [0.25, 0.3) is 0 Å². The Kier molecular flexibility index (Phi) is 6.21. The summed E-state index contributed by atoms with van der Waals surface area (Å²) in [5, 5.41) is 0. The van der Waals surface area contributed by atoms with Crippen molar-refractivity contribution in [3.05, 3.63) is 24.0 Å². The van der Waals surface area contributed by atoms with Crippen molar-refractivity contribution in [2.75, 3.05) is 58.9 Å². The highest BCUT2D eigenvalue weighted by Crippen LogP contribution is 2.32. The van der Waals surface area contributed by atoms with E-state index in [1.54, 1.807) is 0 Å². The smallest absolute Gasteiger partial charge is 0.104 e. The highest BCUT2D eigenvalue weighted by molar-refractivity contribution is 5.18. The van der Waals surface area contributed by atoms with Crippen molar-refractivity contribution in [1.82, 2.24) is 19.6 Å². The second kappa shape index (κ2) is 8.79. The molecule has 146 valence electrons. The molecule has 0 bridgehead atoms. The monoisotopic (exact) mass is 358 g/mol. The van der Waals surface area contributed by atoms with E-state index in [9.17, 15) is 0 Å². The highest BCUT2D eigenvalue weighted by atomic mass is 15.4. The Morgan fingerprint density at radius 2 is 1.81 bits per heavy atom. The molecule has 2 saturated heterocycles. The molecule has 3 aliphatic heterocycles. The minimum Gasteiger partial charge on any atom is -0.357 e.